The highest BCUT2D eigenvalue weighted by Gasteiger charge is 2.26. The third-order valence-electron chi connectivity index (χ3n) is 3.38. The molecule has 2 rings (SSSR count). The van der Waals surface area contributed by atoms with E-state index in [0.717, 1.165) is 5.71 Å². The van der Waals surface area contributed by atoms with Crippen molar-refractivity contribution in [2.45, 2.75) is 13.3 Å². The normalized spacial score (nSPS) is 21.2. The van der Waals surface area contributed by atoms with Crippen molar-refractivity contribution in [2.24, 2.45) is 11.1 Å². The van der Waals surface area contributed by atoms with Crippen LogP contribution < -0.4 is 0 Å². The number of nitrogens with zero attached hydrogens (tertiary/aromatic N) is 3. The van der Waals surface area contributed by atoms with Crippen LogP contribution in [0.5, 0.6) is 0 Å². The summed E-state index contributed by atoms with van der Waals surface area (Å²) in [6, 6.07) is 8.64. The summed E-state index contributed by atoms with van der Waals surface area (Å²) in [4.78, 5) is 14.0. The number of benzene rings is 1. The average Bonchev–Trinajstić information content (AvgIpc) is 2.46. The predicted molar refractivity (Wildman–Crippen MR) is 70.1 cm³/mol. The number of rotatable bonds is 1. The zero-order chi connectivity index (χ0) is 13.8. The molecule has 1 unspecified atom stereocenters. The summed E-state index contributed by atoms with van der Waals surface area (Å²) < 4.78 is 0. The molecule has 0 aromatic heterocycles. The van der Waals surface area contributed by atoms with Crippen molar-refractivity contribution in [3.8, 4) is 6.07 Å². The van der Waals surface area contributed by atoms with Crippen LogP contribution in [0.3, 0.4) is 0 Å². The van der Waals surface area contributed by atoms with Crippen LogP contribution in [0.15, 0.2) is 29.4 Å². The second kappa shape index (κ2) is 5.53. The number of carbonyl (C=O) groups is 1. The number of likely N-dealkylation sites (tertiary alicyclic amines) is 1. The van der Waals surface area contributed by atoms with Gasteiger partial charge in [-0.1, -0.05) is 12.1 Å². The second-order valence-electron chi connectivity index (χ2n) is 4.68. The summed E-state index contributed by atoms with van der Waals surface area (Å²) in [6.07, 6.45) is 0.597. The van der Waals surface area contributed by atoms with Crippen LogP contribution in [-0.4, -0.2) is 34.8 Å². The maximum Gasteiger partial charge on any atom is 0.253 e. The van der Waals surface area contributed by atoms with Crippen molar-refractivity contribution in [1.82, 2.24) is 4.90 Å². The Morgan fingerprint density at radius 1 is 1.47 bits per heavy atom. The molecule has 0 spiro atoms. The van der Waals surface area contributed by atoms with Gasteiger partial charge in [-0.05, 0) is 24.3 Å². The van der Waals surface area contributed by atoms with E-state index in [4.69, 9.17) is 10.5 Å². The van der Waals surface area contributed by atoms with Gasteiger partial charge in [0.2, 0.25) is 0 Å². The van der Waals surface area contributed by atoms with Crippen LogP contribution in [0.4, 0.5) is 0 Å². The standard InChI is InChI=1S/C14H15N3O2/c1-10-9-17(7-6-13(10)16-19)14(18)12-4-2-11(8-15)3-5-12/h2-5,10,19H,6-7,9H2,1H3/b16-13+. The van der Waals surface area contributed by atoms with E-state index in [0.29, 0.717) is 30.6 Å². The summed E-state index contributed by atoms with van der Waals surface area (Å²) >= 11 is 0. The molecule has 1 N–H and O–H groups in total. The van der Waals surface area contributed by atoms with Gasteiger partial charge in [0.25, 0.3) is 5.91 Å². The Labute approximate surface area is 111 Å². The molecule has 1 atom stereocenters. The molecule has 1 fully saturated rings. The first kappa shape index (κ1) is 13.1. The van der Waals surface area contributed by atoms with E-state index in [9.17, 15) is 4.79 Å². The first-order chi connectivity index (χ1) is 9.15. The van der Waals surface area contributed by atoms with Crippen LogP contribution in [0, 0.1) is 17.2 Å². The third kappa shape index (κ3) is 2.74. The number of oxime groups is 1. The zero-order valence-electron chi connectivity index (χ0n) is 10.7. The monoisotopic (exact) mass is 257 g/mol. The van der Waals surface area contributed by atoms with Gasteiger partial charge in [-0.3, -0.25) is 4.79 Å². The molecule has 1 amide bonds. The highest BCUT2D eigenvalue weighted by Crippen LogP contribution is 2.16. The molecule has 0 saturated carbocycles. The molecule has 1 heterocycles. The van der Waals surface area contributed by atoms with Crippen molar-refractivity contribution >= 4 is 11.6 Å². The number of hydrogen-bond donors (Lipinski definition) is 1. The zero-order valence-corrected chi connectivity index (χ0v) is 10.7. The van der Waals surface area contributed by atoms with Crippen LogP contribution in [0.25, 0.3) is 0 Å². The lowest BCUT2D eigenvalue weighted by Gasteiger charge is -2.31. The topological polar surface area (TPSA) is 76.7 Å². The van der Waals surface area contributed by atoms with Crippen LogP contribution >= 0.6 is 0 Å². The lowest BCUT2D eigenvalue weighted by atomic mass is 9.97. The molecule has 0 aliphatic carbocycles. The van der Waals surface area contributed by atoms with Crippen molar-refractivity contribution in [1.29, 1.82) is 5.26 Å². The number of nitriles is 1. The van der Waals surface area contributed by atoms with Crippen molar-refractivity contribution < 1.29 is 10.0 Å². The molecule has 19 heavy (non-hydrogen) atoms. The fourth-order valence-electron chi connectivity index (χ4n) is 2.23. The molecule has 5 heteroatoms. The Balaban J connectivity index is 2.10. The molecule has 1 aliphatic heterocycles. The number of carbonyl (C=O) groups excluding carboxylic acids is 1. The van der Waals surface area contributed by atoms with Gasteiger partial charge < -0.3 is 10.1 Å². The van der Waals surface area contributed by atoms with Gasteiger partial charge in [0.05, 0.1) is 17.3 Å². The fourth-order valence-corrected chi connectivity index (χ4v) is 2.23. The minimum atomic E-state index is -0.0478. The van der Waals surface area contributed by atoms with E-state index in [-0.39, 0.29) is 11.8 Å². The highest BCUT2D eigenvalue weighted by atomic mass is 16.4. The van der Waals surface area contributed by atoms with Gasteiger partial charge in [0.1, 0.15) is 0 Å². The molecule has 1 aliphatic rings. The Morgan fingerprint density at radius 3 is 2.68 bits per heavy atom. The van der Waals surface area contributed by atoms with Crippen LogP contribution in [0.2, 0.25) is 0 Å². The summed E-state index contributed by atoms with van der Waals surface area (Å²) in [5.74, 6) is 0.0226. The molecular weight excluding hydrogens is 242 g/mol. The first-order valence-electron chi connectivity index (χ1n) is 6.16. The summed E-state index contributed by atoms with van der Waals surface area (Å²) in [5.41, 5.74) is 1.86. The number of amides is 1. The molecule has 98 valence electrons. The quantitative estimate of drug-likeness (QED) is 0.616. The van der Waals surface area contributed by atoms with E-state index in [1.54, 1.807) is 29.2 Å². The van der Waals surface area contributed by atoms with E-state index >= 15 is 0 Å². The van der Waals surface area contributed by atoms with Gasteiger partial charge in [0.15, 0.2) is 0 Å². The fraction of sp³-hybridized carbons (Fsp3) is 0.357. The van der Waals surface area contributed by atoms with Gasteiger partial charge in [0, 0.05) is 31.0 Å². The minimum Gasteiger partial charge on any atom is -0.411 e. The summed E-state index contributed by atoms with van der Waals surface area (Å²) in [5, 5.41) is 20.8. The third-order valence-corrected chi connectivity index (χ3v) is 3.38. The number of hydrogen-bond acceptors (Lipinski definition) is 4. The molecule has 5 nitrogen and oxygen atoms in total. The molecule has 1 aromatic rings. The lowest BCUT2D eigenvalue weighted by molar-refractivity contribution is 0.0734. The predicted octanol–water partition coefficient (Wildman–Crippen LogP) is 1.87. The SMILES string of the molecule is CC1CN(C(=O)c2ccc(C#N)cc2)CC/C1=N\O. The first-order valence-corrected chi connectivity index (χ1v) is 6.16. The minimum absolute atomic E-state index is 0.0478. The summed E-state index contributed by atoms with van der Waals surface area (Å²) in [7, 11) is 0. The van der Waals surface area contributed by atoms with Gasteiger partial charge >= 0.3 is 0 Å². The van der Waals surface area contributed by atoms with Gasteiger partial charge in [-0.2, -0.15) is 5.26 Å². The highest BCUT2D eigenvalue weighted by molar-refractivity contribution is 5.96. The average molecular weight is 257 g/mol. The Bertz CT molecular complexity index is 543. The van der Waals surface area contributed by atoms with Crippen molar-refractivity contribution in [2.75, 3.05) is 13.1 Å². The van der Waals surface area contributed by atoms with Crippen molar-refractivity contribution in [3.05, 3.63) is 35.4 Å². The Kier molecular flexibility index (Phi) is 3.81. The van der Waals surface area contributed by atoms with Gasteiger partial charge in [-0.25, -0.2) is 0 Å². The van der Waals surface area contributed by atoms with E-state index in [2.05, 4.69) is 5.16 Å². The smallest absolute Gasteiger partial charge is 0.253 e. The van der Waals surface area contributed by atoms with Crippen LogP contribution in [-0.2, 0) is 0 Å². The molecule has 0 radical (unpaired) electrons. The van der Waals surface area contributed by atoms with E-state index < -0.39 is 0 Å². The Hall–Kier alpha value is -2.35. The van der Waals surface area contributed by atoms with Crippen molar-refractivity contribution in [3.63, 3.8) is 0 Å². The van der Waals surface area contributed by atoms with E-state index in [1.807, 2.05) is 13.0 Å². The van der Waals surface area contributed by atoms with Gasteiger partial charge in [-0.15, -0.1) is 0 Å². The number of piperidine rings is 1. The molecule has 1 saturated heterocycles. The second-order valence-corrected chi connectivity index (χ2v) is 4.68. The summed E-state index contributed by atoms with van der Waals surface area (Å²) in [6.45, 7) is 3.05. The lowest BCUT2D eigenvalue weighted by Crippen LogP contribution is -2.43. The van der Waals surface area contributed by atoms with Crippen LogP contribution in [0.1, 0.15) is 29.3 Å². The largest absolute Gasteiger partial charge is 0.411 e. The molecule has 0 bridgehead atoms. The Morgan fingerprint density at radius 2 is 2.16 bits per heavy atom. The molecular formula is C14H15N3O2. The maximum absolute atomic E-state index is 12.3. The molecule has 1 aromatic carbocycles. The maximum atomic E-state index is 12.3. The van der Waals surface area contributed by atoms with E-state index in [1.165, 1.54) is 0 Å².